The number of rotatable bonds is 5. The standard InChI is InChI=1S/C16H21NO4/c1-10(2)8-11(3)12-6-4-5-7-13(12)17-16-20-14(18)9-15(19)21-16/h4-7,10-11,16-17H,8-9H2,1-3H3. The van der Waals surface area contributed by atoms with E-state index in [2.05, 4.69) is 26.1 Å². The summed E-state index contributed by atoms with van der Waals surface area (Å²) in [6.45, 7) is 6.51. The maximum absolute atomic E-state index is 11.3. The van der Waals surface area contributed by atoms with Crippen LogP contribution in [0, 0.1) is 5.92 Å². The number of esters is 2. The molecule has 21 heavy (non-hydrogen) atoms. The topological polar surface area (TPSA) is 64.6 Å². The van der Waals surface area contributed by atoms with Crippen LogP contribution in [-0.2, 0) is 19.1 Å². The summed E-state index contributed by atoms with van der Waals surface area (Å²) in [7, 11) is 0. The maximum Gasteiger partial charge on any atom is 0.329 e. The summed E-state index contributed by atoms with van der Waals surface area (Å²) < 4.78 is 9.97. The monoisotopic (exact) mass is 291 g/mol. The van der Waals surface area contributed by atoms with Crippen molar-refractivity contribution in [2.24, 2.45) is 5.92 Å². The minimum Gasteiger partial charge on any atom is -0.406 e. The lowest BCUT2D eigenvalue weighted by Crippen LogP contribution is -2.37. The van der Waals surface area contributed by atoms with Gasteiger partial charge in [0.05, 0.1) is 0 Å². The molecule has 1 aliphatic rings. The molecule has 1 fully saturated rings. The van der Waals surface area contributed by atoms with Crippen molar-refractivity contribution in [2.75, 3.05) is 5.32 Å². The van der Waals surface area contributed by atoms with Crippen LogP contribution < -0.4 is 5.32 Å². The lowest BCUT2D eigenvalue weighted by molar-refractivity contribution is -0.197. The van der Waals surface area contributed by atoms with Gasteiger partial charge < -0.3 is 14.8 Å². The molecule has 0 saturated carbocycles. The van der Waals surface area contributed by atoms with Crippen molar-refractivity contribution < 1.29 is 19.1 Å². The number of carbonyl (C=O) groups excluding carboxylic acids is 2. The molecule has 1 saturated heterocycles. The number of para-hydroxylation sites is 1. The zero-order valence-corrected chi connectivity index (χ0v) is 12.6. The Hall–Kier alpha value is -2.04. The van der Waals surface area contributed by atoms with Gasteiger partial charge in [-0.05, 0) is 29.9 Å². The van der Waals surface area contributed by atoms with Gasteiger partial charge in [-0.2, -0.15) is 0 Å². The zero-order valence-electron chi connectivity index (χ0n) is 12.6. The Balaban J connectivity index is 2.12. The zero-order chi connectivity index (χ0) is 15.4. The van der Waals surface area contributed by atoms with Gasteiger partial charge in [0, 0.05) is 5.69 Å². The lowest BCUT2D eigenvalue weighted by Gasteiger charge is -2.26. The highest BCUT2D eigenvalue weighted by Crippen LogP contribution is 2.30. The van der Waals surface area contributed by atoms with E-state index in [4.69, 9.17) is 9.47 Å². The Morgan fingerprint density at radius 3 is 2.38 bits per heavy atom. The van der Waals surface area contributed by atoms with E-state index < -0.39 is 18.4 Å². The highest BCUT2D eigenvalue weighted by atomic mass is 16.7. The Morgan fingerprint density at radius 2 is 1.76 bits per heavy atom. The summed E-state index contributed by atoms with van der Waals surface area (Å²) in [5.41, 5.74) is 1.93. The molecule has 0 aromatic heterocycles. The normalized spacial score (nSPS) is 17.3. The van der Waals surface area contributed by atoms with Gasteiger partial charge in [0.2, 0.25) is 0 Å². The van der Waals surface area contributed by atoms with Crippen LogP contribution in [0.25, 0.3) is 0 Å². The molecule has 114 valence electrons. The predicted molar refractivity (Wildman–Crippen MR) is 78.5 cm³/mol. The van der Waals surface area contributed by atoms with Gasteiger partial charge in [-0.1, -0.05) is 39.0 Å². The molecular formula is C16H21NO4. The number of benzene rings is 1. The Bertz CT molecular complexity index is 511. The van der Waals surface area contributed by atoms with Gasteiger partial charge in [-0.3, -0.25) is 9.59 Å². The minimum absolute atomic E-state index is 0.330. The van der Waals surface area contributed by atoms with Crippen LogP contribution in [0.2, 0.25) is 0 Å². The second-order valence-electron chi connectivity index (χ2n) is 5.75. The molecular weight excluding hydrogens is 270 g/mol. The van der Waals surface area contributed by atoms with Crippen molar-refractivity contribution in [3.8, 4) is 0 Å². The molecule has 1 atom stereocenters. The highest BCUT2D eigenvalue weighted by Gasteiger charge is 2.28. The number of hydrogen-bond donors (Lipinski definition) is 1. The van der Waals surface area contributed by atoms with Gasteiger partial charge in [-0.25, -0.2) is 0 Å². The Labute approximate surface area is 124 Å². The van der Waals surface area contributed by atoms with Gasteiger partial charge >= 0.3 is 18.4 Å². The summed E-state index contributed by atoms with van der Waals surface area (Å²) in [5, 5.41) is 2.98. The molecule has 0 aliphatic carbocycles. The Morgan fingerprint density at radius 1 is 1.14 bits per heavy atom. The van der Waals surface area contributed by atoms with Crippen molar-refractivity contribution in [1.29, 1.82) is 0 Å². The molecule has 2 rings (SSSR count). The van der Waals surface area contributed by atoms with E-state index >= 15 is 0 Å². The number of cyclic esters (lactones) is 2. The first-order chi connectivity index (χ1) is 9.95. The molecule has 5 heteroatoms. The number of hydrogen-bond acceptors (Lipinski definition) is 5. The summed E-state index contributed by atoms with van der Waals surface area (Å²) in [6.07, 6.45) is -0.335. The van der Waals surface area contributed by atoms with Gasteiger partial charge in [-0.15, -0.1) is 0 Å². The lowest BCUT2D eigenvalue weighted by atomic mass is 9.91. The van der Waals surface area contributed by atoms with Gasteiger partial charge in [0.15, 0.2) is 0 Å². The van der Waals surface area contributed by atoms with Gasteiger partial charge in [0.25, 0.3) is 0 Å². The summed E-state index contributed by atoms with van der Waals surface area (Å²) in [4.78, 5) is 22.6. The van der Waals surface area contributed by atoms with E-state index in [1.54, 1.807) is 0 Å². The molecule has 0 spiro atoms. The number of anilines is 1. The molecule has 1 unspecified atom stereocenters. The number of nitrogens with one attached hydrogen (secondary N) is 1. The van der Waals surface area contributed by atoms with Crippen LogP contribution >= 0.6 is 0 Å². The smallest absolute Gasteiger partial charge is 0.329 e. The van der Waals surface area contributed by atoms with Crippen molar-refractivity contribution in [3.63, 3.8) is 0 Å². The quantitative estimate of drug-likeness (QED) is 0.667. The molecule has 1 aliphatic heterocycles. The first-order valence-corrected chi connectivity index (χ1v) is 7.20. The maximum atomic E-state index is 11.3. The second kappa shape index (κ2) is 6.61. The minimum atomic E-state index is -1.05. The molecule has 1 aromatic carbocycles. The van der Waals surface area contributed by atoms with E-state index in [-0.39, 0.29) is 6.42 Å². The fourth-order valence-corrected chi connectivity index (χ4v) is 2.54. The molecule has 1 heterocycles. The van der Waals surface area contributed by atoms with Crippen molar-refractivity contribution >= 4 is 17.6 Å². The molecule has 5 nitrogen and oxygen atoms in total. The van der Waals surface area contributed by atoms with Crippen LogP contribution in [0.5, 0.6) is 0 Å². The summed E-state index contributed by atoms with van der Waals surface area (Å²) >= 11 is 0. The molecule has 1 N–H and O–H groups in total. The summed E-state index contributed by atoms with van der Waals surface area (Å²) in [5.74, 6) is -0.213. The highest BCUT2D eigenvalue weighted by molar-refractivity contribution is 5.92. The molecule has 0 amide bonds. The third-order valence-corrected chi connectivity index (χ3v) is 3.36. The third-order valence-electron chi connectivity index (χ3n) is 3.36. The first-order valence-electron chi connectivity index (χ1n) is 7.20. The molecule has 0 bridgehead atoms. The van der Waals surface area contributed by atoms with E-state index in [0.717, 1.165) is 17.7 Å². The Kier molecular flexibility index (Phi) is 4.83. The molecule has 0 radical (unpaired) electrons. The largest absolute Gasteiger partial charge is 0.406 e. The fraction of sp³-hybridized carbons (Fsp3) is 0.500. The first kappa shape index (κ1) is 15.4. The van der Waals surface area contributed by atoms with Crippen molar-refractivity contribution in [2.45, 2.75) is 45.9 Å². The van der Waals surface area contributed by atoms with E-state index in [1.807, 2.05) is 24.3 Å². The van der Waals surface area contributed by atoms with Gasteiger partial charge in [0.1, 0.15) is 6.42 Å². The van der Waals surface area contributed by atoms with Crippen molar-refractivity contribution in [1.82, 2.24) is 0 Å². The average Bonchev–Trinajstić information content (AvgIpc) is 2.37. The SMILES string of the molecule is CC(C)CC(C)c1ccccc1NC1OC(=O)CC(=O)O1. The summed E-state index contributed by atoms with van der Waals surface area (Å²) in [6, 6.07) is 7.78. The van der Waals surface area contributed by atoms with E-state index in [9.17, 15) is 9.59 Å². The fourth-order valence-electron chi connectivity index (χ4n) is 2.54. The van der Waals surface area contributed by atoms with Crippen LogP contribution in [0.15, 0.2) is 24.3 Å². The van der Waals surface area contributed by atoms with Crippen LogP contribution in [0.1, 0.15) is 45.1 Å². The van der Waals surface area contributed by atoms with E-state index in [1.165, 1.54) is 0 Å². The van der Waals surface area contributed by atoms with E-state index in [0.29, 0.717) is 11.8 Å². The third kappa shape index (κ3) is 4.21. The van der Waals surface area contributed by atoms with Crippen molar-refractivity contribution in [3.05, 3.63) is 29.8 Å². The second-order valence-corrected chi connectivity index (χ2v) is 5.75. The number of ether oxygens (including phenoxy) is 2. The van der Waals surface area contributed by atoms with Crippen LogP contribution in [-0.4, -0.2) is 18.4 Å². The van der Waals surface area contributed by atoms with Crippen LogP contribution in [0.4, 0.5) is 5.69 Å². The predicted octanol–water partition coefficient (Wildman–Crippen LogP) is 3.02. The number of carbonyl (C=O) groups is 2. The average molecular weight is 291 g/mol. The molecule has 1 aromatic rings. The van der Waals surface area contributed by atoms with Crippen LogP contribution in [0.3, 0.4) is 0 Å².